The molecule has 130 valence electrons. The van der Waals surface area contributed by atoms with Gasteiger partial charge in [0.1, 0.15) is 6.04 Å². The average Bonchev–Trinajstić information content (AvgIpc) is 3.17. The molecule has 3 atom stereocenters. The van der Waals surface area contributed by atoms with Crippen LogP contribution in [0.15, 0.2) is 47.6 Å². The van der Waals surface area contributed by atoms with E-state index in [0.29, 0.717) is 5.25 Å². The first kappa shape index (κ1) is 16.3. The van der Waals surface area contributed by atoms with Crippen LogP contribution in [-0.2, 0) is 0 Å². The number of thioether (sulfide) groups is 1. The summed E-state index contributed by atoms with van der Waals surface area (Å²) in [6.07, 6.45) is 1.83. The Labute approximate surface area is 152 Å². The van der Waals surface area contributed by atoms with Crippen LogP contribution < -0.4 is 9.47 Å². The van der Waals surface area contributed by atoms with Gasteiger partial charge in [0.25, 0.3) is 0 Å². The number of aliphatic imine (C=N–C) groups is 1. The number of ether oxygens (including phenoxy) is 2. The van der Waals surface area contributed by atoms with Crippen molar-refractivity contribution < 1.29 is 9.47 Å². The molecule has 1 aromatic carbocycles. The van der Waals surface area contributed by atoms with Gasteiger partial charge in [-0.1, -0.05) is 30.8 Å². The number of methoxy groups -OCH3 is 2. The van der Waals surface area contributed by atoms with Crippen LogP contribution in [0.1, 0.15) is 30.3 Å². The third-order valence-electron chi connectivity index (χ3n) is 4.63. The van der Waals surface area contributed by atoms with E-state index < -0.39 is 0 Å². The first-order chi connectivity index (χ1) is 12.2. The number of aromatic nitrogens is 1. The lowest BCUT2D eigenvalue weighted by Crippen LogP contribution is -2.28. The van der Waals surface area contributed by atoms with E-state index in [1.807, 2.05) is 36.2 Å². The molecule has 1 saturated heterocycles. The molecule has 0 saturated carbocycles. The fourth-order valence-electron chi connectivity index (χ4n) is 3.51. The molecular weight excluding hydrogens is 334 g/mol. The quantitative estimate of drug-likeness (QED) is 0.837. The molecule has 3 heterocycles. The van der Waals surface area contributed by atoms with Crippen molar-refractivity contribution in [2.24, 2.45) is 4.99 Å². The molecular formula is C19H21N3O2S. The first-order valence-electron chi connectivity index (χ1n) is 8.35. The number of benzene rings is 1. The molecule has 0 radical (unpaired) electrons. The van der Waals surface area contributed by atoms with Gasteiger partial charge < -0.3 is 14.4 Å². The molecule has 2 aromatic rings. The Morgan fingerprint density at radius 1 is 1.12 bits per heavy atom. The van der Waals surface area contributed by atoms with Crippen molar-refractivity contribution in [3.8, 4) is 11.5 Å². The molecule has 5 nitrogen and oxygen atoms in total. The lowest BCUT2D eigenvalue weighted by atomic mass is 9.96. The standard InChI is InChI=1S/C19H21N3O2S/c1-12-11-22-18(13-7-8-15(23-2)16(10-13)24-3)17(21-19(22)25-12)14-6-4-5-9-20-14/h4-10,12,17-18H,11H2,1-3H3. The van der Waals surface area contributed by atoms with E-state index in [9.17, 15) is 0 Å². The van der Waals surface area contributed by atoms with E-state index in [2.05, 4.69) is 35.0 Å². The van der Waals surface area contributed by atoms with Crippen molar-refractivity contribution in [2.45, 2.75) is 24.3 Å². The normalized spacial score (nSPS) is 24.8. The smallest absolute Gasteiger partial charge is 0.161 e. The van der Waals surface area contributed by atoms with Gasteiger partial charge in [-0.05, 0) is 29.8 Å². The minimum atomic E-state index is -0.00528. The largest absolute Gasteiger partial charge is 0.493 e. The summed E-state index contributed by atoms with van der Waals surface area (Å²) in [7, 11) is 3.33. The molecule has 3 unspecified atom stereocenters. The van der Waals surface area contributed by atoms with Gasteiger partial charge in [-0.3, -0.25) is 9.98 Å². The van der Waals surface area contributed by atoms with E-state index in [1.54, 1.807) is 14.2 Å². The van der Waals surface area contributed by atoms with E-state index >= 15 is 0 Å². The van der Waals surface area contributed by atoms with Crippen LogP contribution in [0.2, 0.25) is 0 Å². The number of hydrogen-bond acceptors (Lipinski definition) is 6. The van der Waals surface area contributed by atoms with Gasteiger partial charge >= 0.3 is 0 Å². The molecule has 6 heteroatoms. The maximum Gasteiger partial charge on any atom is 0.161 e. The van der Waals surface area contributed by atoms with Crippen molar-refractivity contribution in [3.05, 3.63) is 53.9 Å². The maximum absolute atomic E-state index is 5.51. The van der Waals surface area contributed by atoms with Crippen molar-refractivity contribution in [3.63, 3.8) is 0 Å². The zero-order chi connectivity index (χ0) is 17.4. The first-order valence-corrected chi connectivity index (χ1v) is 9.23. The van der Waals surface area contributed by atoms with E-state index in [-0.39, 0.29) is 12.1 Å². The fourth-order valence-corrected chi connectivity index (χ4v) is 4.61. The molecule has 1 aromatic heterocycles. The number of amidine groups is 1. The highest BCUT2D eigenvalue weighted by atomic mass is 32.2. The second-order valence-corrected chi connectivity index (χ2v) is 7.66. The summed E-state index contributed by atoms with van der Waals surface area (Å²) < 4.78 is 10.9. The summed E-state index contributed by atoms with van der Waals surface area (Å²) in [5, 5.41) is 1.66. The molecule has 0 spiro atoms. The monoisotopic (exact) mass is 355 g/mol. The number of fused-ring (bicyclic) bond motifs is 1. The molecule has 2 aliphatic heterocycles. The van der Waals surface area contributed by atoms with Gasteiger partial charge in [-0.15, -0.1) is 0 Å². The summed E-state index contributed by atoms with van der Waals surface area (Å²) in [6.45, 7) is 3.23. The summed E-state index contributed by atoms with van der Waals surface area (Å²) in [4.78, 5) is 12.0. The number of rotatable bonds is 4. The highest BCUT2D eigenvalue weighted by Crippen LogP contribution is 2.48. The summed E-state index contributed by atoms with van der Waals surface area (Å²) in [6, 6.07) is 12.3. The Morgan fingerprint density at radius 2 is 1.96 bits per heavy atom. The Morgan fingerprint density at radius 3 is 2.68 bits per heavy atom. The lowest BCUT2D eigenvalue weighted by Gasteiger charge is -2.27. The van der Waals surface area contributed by atoms with Gasteiger partial charge in [0.2, 0.25) is 0 Å². The summed E-state index contributed by atoms with van der Waals surface area (Å²) >= 11 is 1.84. The van der Waals surface area contributed by atoms with Crippen molar-refractivity contribution in [1.29, 1.82) is 0 Å². The van der Waals surface area contributed by atoms with Gasteiger partial charge in [0.05, 0.1) is 26.0 Å². The van der Waals surface area contributed by atoms with Crippen LogP contribution >= 0.6 is 11.8 Å². The number of pyridine rings is 1. The Bertz CT molecular complexity index is 797. The van der Waals surface area contributed by atoms with Gasteiger partial charge in [-0.2, -0.15) is 0 Å². The number of nitrogens with zero attached hydrogens (tertiary/aromatic N) is 3. The predicted molar refractivity (Wildman–Crippen MR) is 100 cm³/mol. The second-order valence-electron chi connectivity index (χ2n) is 6.25. The van der Waals surface area contributed by atoms with Crippen LogP contribution in [0.25, 0.3) is 0 Å². The fraction of sp³-hybridized carbons (Fsp3) is 0.368. The molecule has 0 N–H and O–H groups in total. The summed E-state index contributed by atoms with van der Waals surface area (Å²) in [5.74, 6) is 1.48. The van der Waals surface area contributed by atoms with E-state index in [0.717, 1.165) is 28.9 Å². The van der Waals surface area contributed by atoms with Crippen LogP contribution in [0.4, 0.5) is 0 Å². The second kappa shape index (κ2) is 6.59. The number of hydrogen-bond donors (Lipinski definition) is 0. The van der Waals surface area contributed by atoms with Crippen LogP contribution in [0, 0.1) is 0 Å². The third-order valence-corrected chi connectivity index (χ3v) is 5.73. The minimum absolute atomic E-state index is 0.00528. The highest BCUT2D eigenvalue weighted by molar-refractivity contribution is 8.14. The predicted octanol–water partition coefficient (Wildman–Crippen LogP) is 3.69. The zero-order valence-corrected chi connectivity index (χ0v) is 15.4. The minimum Gasteiger partial charge on any atom is -0.493 e. The lowest BCUT2D eigenvalue weighted by molar-refractivity contribution is 0.317. The van der Waals surface area contributed by atoms with Crippen molar-refractivity contribution in [2.75, 3.05) is 20.8 Å². The third kappa shape index (κ3) is 2.84. The van der Waals surface area contributed by atoms with E-state index in [1.165, 1.54) is 5.56 Å². The van der Waals surface area contributed by atoms with Crippen molar-refractivity contribution in [1.82, 2.24) is 9.88 Å². The maximum atomic E-state index is 5.51. The Balaban J connectivity index is 1.77. The van der Waals surface area contributed by atoms with Crippen LogP contribution in [0.3, 0.4) is 0 Å². The molecule has 4 rings (SSSR count). The van der Waals surface area contributed by atoms with Gasteiger partial charge in [0, 0.05) is 18.0 Å². The molecule has 0 aliphatic carbocycles. The topological polar surface area (TPSA) is 47.0 Å². The average molecular weight is 355 g/mol. The highest BCUT2D eigenvalue weighted by Gasteiger charge is 2.43. The molecule has 0 amide bonds. The molecule has 0 bridgehead atoms. The van der Waals surface area contributed by atoms with Gasteiger partial charge in [-0.25, -0.2) is 0 Å². The van der Waals surface area contributed by atoms with Crippen molar-refractivity contribution >= 4 is 16.9 Å². The zero-order valence-electron chi connectivity index (χ0n) is 14.5. The molecule has 2 aliphatic rings. The summed E-state index contributed by atoms with van der Waals surface area (Å²) in [5.41, 5.74) is 2.17. The Kier molecular flexibility index (Phi) is 4.29. The Hall–Kier alpha value is -2.21. The molecule has 1 fully saturated rings. The molecule has 25 heavy (non-hydrogen) atoms. The van der Waals surface area contributed by atoms with Gasteiger partial charge in [0.15, 0.2) is 16.7 Å². The van der Waals surface area contributed by atoms with Crippen LogP contribution in [-0.4, -0.2) is 41.1 Å². The van der Waals surface area contributed by atoms with Crippen LogP contribution in [0.5, 0.6) is 11.5 Å². The SMILES string of the molecule is COc1ccc(C2C(c3ccccn3)N=C3SC(C)CN32)cc1OC. The van der Waals surface area contributed by atoms with E-state index in [4.69, 9.17) is 14.5 Å².